The van der Waals surface area contributed by atoms with E-state index in [9.17, 15) is 10.2 Å². The summed E-state index contributed by atoms with van der Waals surface area (Å²) in [5.74, 6) is 5.49. The molecule has 0 saturated heterocycles. The van der Waals surface area contributed by atoms with Crippen LogP contribution in [0.3, 0.4) is 0 Å². The maximum atomic E-state index is 10.3. The van der Waals surface area contributed by atoms with Gasteiger partial charge >= 0.3 is 0 Å². The van der Waals surface area contributed by atoms with Gasteiger partial charge in [0.1, 0.15) is 6.10 Å². The van der Waals surface area contributed by atoms with E-state index in [2.05, 4.69) is 27.7 Å². The first-order chi connectivity index (χ1) is 14.3. The fourth-order valence-corrected chi connectivity index (χ4v) is 9.29. The van der Waals surface area contributed by atoms with Gasteiger partial charge < -0.3 is 14.9 Å². The van der Waals surface area contributed by atoms with Gasteiger partial charge in [0.15, 0.2) is 0 Å². The fraction of sp³-hybridized carbons (Fsp3) is 0.926. The van der Waals surface area contributed by atoms with Crippen molar-refractivity contribution in [1.82, 2.24) is 0 Å². The molecule has 3 nitrogen and oxygen atoms in total. The summed E-state index contributed by atoms with van der Waals surface area (Å²) in [5, 5.41) is 19.7. The molecule has 0 spiro atoms. The zero-order valence-electron chi connectivity index (χ0n) is 19.7. The van der Waals surface area contributed by atoms with Crippen LogP contribution in [0.2, 0.25) is 0 Å². The molecule has 4 aliphatic carbocycles. The van der Waals surface area contributed by atoms with Gasteiger partial charge in [-0.1, -0.05) is 20.8 Å². The first kappa shape index (κ1) is 21.3. The molecule has 3 heteroatoms. The average molecular weight is 417 g/mol. The molecule has 0 aromatic rings. The lowest BCUT2D eigenvalue weighted by molar-refractivity contribution is -0.124. The topological polar surface area (TPSA) is 49.7 Å². The SMILES string of the molecule is CC1=C(CC[C@@H](C)CO)O[C@@H]2C[C@H]3[C@@H]4CC[C@@H]5C[C@@H](O)CC[C@]5(C)[C@H]4CC[C@]3(C)[C@@H]12. The molecule has 1 aliphatic heterocycles. The molecule has 30 heavy (non-hydrogen) atoms. The van der Waals surface area contributed by atoms with Gasteiger partial charge in [0, 0.05) is 18.9 Å². The highest BCUT2D eigenvalue weighted by atomic mass is 16.5. The van der Waals surface area contributed by atoms with Crippen LogP contribution in [0.25, 0.3) is 0 Å². The standard InChI is InChI=1S/C27H44O3/c1-16(15-28)5-8-23-17(2)25-24(30-23)14-22-20-7-6-18-13-19(29)9-11-26(18,3)21(20)10-12-27(22,25)4/h16,18-22,24-25,28-29H,5-15H2,1-4H3/t16-,18-,19+,20-,21+,22+,24-,25+,26+,27+/m1/s1. The van der Waals surface area contributed by atoms with Crippen molar-refractivity contribution < 1.29 is 14.9 Å². The number of fused-ring (bicyclic) bond motifs is 7. The Kier molecular flexibility index (Phi) is 5.33. The van der Waals surface area contributed by atoms with Crippen LogP contribution in [0.1, 0.15) is 91.9 Å². The van der Waals surface area contributed by atoms with Gasteiger partial charge in [-0.3, -0.25) is 0 Å². The molecule has 0 aromatic heterocycles. The Balaban J connectivity index is 1.36. The second kappa shape index (κ2) is 7.51. The molecule has 1 heterocycles. The molecule has 4 saturated carbocycles. The van der Waals surface area contributed by atoms with Crippen LogP contribution in [0.5, 0.6) is 0 Å². The highest BCUT2D eigenvalue weighted by molar-refractivity contribution is 5.26. The van der Waals surface area contributed by atoms with Crippen LogP contribution in [0.4, 0.5) is 0 Å². The molecular formula is C27H44O3. The molecule has 5 aliphatic rings. The highest BCUT2D eigenvalue weighted by Crippen LogP contribution is 2.69. The predicted molar refractivity (Wildman–Crippen MR) is 120 cm³/mol. The van der Waals surface area contributed by atoms with Crippen molar-refractivity contribution in [2.24, 2.45) is 46.3 Å². The van der Waals surface area contributed by atoms with E-state index in [1.165, 1.54) is 49.9 Å². The van der Waals surface area contributed by atoms with Gasteiger partial charge in [0.05, 0.1) is 11.9 Å². The molecule has 0 aromatic carbocycles. The molecule has 10 atom stereocenters. The van der Waals surface area contributed by atoms with E-state index in [4.69, 9.17) is 4.74 Å². The maximum absolute atomic E-state index is 10.3. The molecule has 5 rings (SSSR count). The van der Waals surface area contributed by atoms with Crippen molar-refractivity contribution in [3.05, 3.63) is 11.3 Å². The molecule has 0 amide bonds. The minimum Gasteiger partial charge on any atom is -0.494 e. The molecular weight excluding hydrogens is 372 g/mol. The minimum atomic E-state index is -0.0486. The average Bonchev–Trinajstić information content (AvgIpc) is 3.20. The number of aliphatic hydroxyl groups excluding tert-OH is 2. The van der Waals surface area contributed by atoms with Crippen LogP contribution < -0.4 is 0 Å². The summed E-state index contributed by atoms with van der Waals surface area (Å²) in [6, 6.07) is 0. The Labute approximate surface area is 183 Å². The molecule has 0 bridgehead atoms. The third kappa shape index (κ3) is 3.04. The number of allylic oxidation sites excluding steroid dienone is 1. The zero-order chi connectivity index (χ0) is 21.3. The lowest BCUT2D eigenvalue weighted by atomic mass is 9.44. The smallest absolute Gasteiger partial charge is 0.106 e. The summed E-state index contributed by atoms with van der Waals surface area (Å²) < 4.78 is 6.64. The second-order valence-corrected chi connectivity index (χ2v) is 12.4. The van der Waals surface area contributed by atoms with Crippen molar-refractivity contribution in [2.45, 2.75) is 104 Å². The second-order valence-electron chi connectivity index (χ2n) is 12.4. The van der Waals surface area contributed by atoms with Crippen LogP contribution in [0.15, 0.2) is 11.3 Å². The summed E-state index contributed by atoms with van der Waals surface area (Å²) in [6.45, 7) is 9.94. The van der Waals surface area contributed by atoms with Crippen molar-refractivity contribution in [3.63, 3.8) is 0 Å². The summed E-state index contributed by atoms with van der Waals surface area (Å²) >= 11 is 0. The van der Waals surface area contributed by atoms with E-state index in [0.717, 1.165) is 49.4 Å². The van der Waals surface area contributed by atoms with Gasteiger partial charge in [-0.05, 0) is 111 Å². The van der Waals surface area contributed by atoms with E-state index in [-0.39, 0.29) is 12.7 Å². The quantitative estimate of drug-likeness (QED) is 0.618. The van der Waals surface area contributed by atoms with Crippen LogP contribution in [-0.4, -0.2) is 29.0 Å². The zero-order valence-corrected chi connectivity index (χ0v) is 19.7. The largest absolute Gasteiger partial charge is 0.494 e. The van der Waals surface area contributed by atoms with Crippen LogP contribution in [-0.2, 0) is 4.74 Å². The Morgan fingerprint density at radius 2 is 1.80 bits per heavy atom. The summed E-state index contributed by atoms with van der Waals surface area (Å²) in [4.78, 5) is 0. The third-order valence-electron chi connectivity index (χ3n) is 11.0. The van der Waals surface area contributed by atoms with E-state index in [0.29, 0.717) is 28.8 Å². The molecule has 2 N–H and O–H groups in total. The molecule has 170 valence electrons. The maximum Gasteiger partial charge on any atom is 0.106 e. The highest BCUT2D eigenvalue weighted by Gasteiger charge is 2.64. The summed E-state index contributed by atoms with van der Waals surface area (Å²) in [5.41, 5.74) is 2.39. The Morgan fingerprint density at radius 3 is 2.57 bits per heavy atom. The molecule has 0 radical (unpaired) electrons. The fourth-order valence-electron chi connectivity index (χ4n) is 9.29. The van der Waals surface area contributed by atoms with Crippen molar-refractivity contribution in [2.75, 3.05) is 6.61 Å². The first-order valence-corrected chi connectivity index (χ1v) is 12.9. The lowest BCUT2D eigenvalue weighted by Gasteiger charge is -2.60. The van der Waals surface area contributed by atoms with Crippen LogP contribution >= 0.6 is 0 Å². The summed E-state index contributed by atoms with van der Waals surface area (Å²) in [6.07, 6.45) is 12.4. The predicted octanol–water partition coefficient (Wildman–Crippen LogP) is 5.70. The van der Waals surface area contributed by atoms with E-state index < -0.39 is 0 Å². The Bertz CT molecular complexity index is 700. The van der Waals surface area contributed by atoms with Crippen molar-refractivity contribution in [3.8, 4) is 0 Å². The van der Waals surface area contributed by atoms with Gasteiger partial charge in [-0.2, -0.15) is 0 Å². The number of rotatable bonds is 4. The van der Waals surface area contributed by atoms with Crippen molar-refractivity contribution in [1.29, 1.82) is 0 Å². The minimum absolute atomic E-state index is 0.0486. The Morgan fingerprint density at radius 1 is 1.03 bits per heavy atom. The van der Waals surface area contributed by atoms with Gasteiger partial charge in [0.25, 0.3) is 0 Å². The molecule has 4 fully saturated rings. The van der Waals surface area contributed by atoms with E-state index >= 15 is 0 Å². The third-order valence-corrected chi connectivity index (χ3v) is 11.0. The first-order valence-electron chi connectivity index (χ1n) is 12.9. The normalized spacial score (nSPS) is 50.9. The molecule has 0 unspecified atom stereocenters. The van der Waals surface area contributed by atoms with Crippen LogP contribution in [0, 0.1) is 46.3 Å². The number of ether oxygens (including phenoxy) is 1. The van der Waals surface area contributed by atoms with Gasteiger partial charge in [0.2, 0.25) is 0 Å². The van der Waals surface area contributed by atoms with Crippen molar-refractivity contribution >= 4 is 0 Å². The monoisotopic (exact) mass is 416 g/mol. The van der Waals surface area contributed by atoms with E-state index in [1.807, 2.05) is 0 Å². The van der Waals surface area contributed by atoms with E-state index in [1.54, 1.807) is 0 Å². The number of hydrogen-bond donors (Lipinski definition) is 2. The van der Waals surface area contributed by atoms with Gasteiger partial charge in [-0.15, -0.1) is 0 Å². The Hall–Kier alpha value is -0.540. The lowest BCUT2D eigenvalue weighted by Crippen LogP contribution is -2.54. The van der Waals surface area contributed by atoms with Gasteiger partial charge in [-0.25, -0.2) is 0 Å². The summed E-state index contributed by atoms with van der Waals surface area (Å²) in [7, 11) is 0. The number of hydrogen-bond acceptors (Lipinski definition) is 3. The number of aliphatic hydroxyl groups is 2.